The average molecular weight is 403 g/mol. The molecule has 2 atom stereocenters. The van der Waals surface area contributed by atoms with E-state index in [1.807, 2.05) is 0 Å². The highest BCUT2D eigenvalue weighted by Gasteiger charge is 2.30. The van der Waals surface area contributed by atoms with Crippen LogP contribution in [0.15, 0.2) is 28.8 Å². The quantitative estimate of drug-likeness (QED) is 0.782. The van der Waals surface area contributed by atoms with Gasteiger partial charge in [0.05, 0.1) is 11.7 Å². The van der Waals surface area contributed by atoms with Crippen LogP contribution in [0.1, 0.15) is 41.7 Å². The molecule has 146 valence electrons. The summed E-state index contributed by atoms with van der Waals surface area (Å²) in [6, 6.07) is 4.23. The molecular weight excluding hydrogens is 385 g/mol. The molecule has 5 nitrogen and oxygen atoms in total. The van der Waals surface area contributed by atoms with Crippen LogP contribution in [0, 0.1) is 5.92 Å². The van der Waals surface area contributed by atoms with Gasteiger partial charge in [0.1, 0.15) is 5.02 Å². The molecule has 27 heavy (non-hydrogen) atoms. The molecule has 1 amide bonds. The molecule has 1 aliphatic rings. The second-order valence-corrected chi connectivity index (χ2v) is 7.00. The van der Waals surface area contributed by atoms with Gasteiger partial charge >= 0.3 is 6.18 Å². The maximum atomic E-state index is 12.6. The molecule has 0 aliphatic heterocycles. The highest BCUT2D eigenvalue weighted by atomic mass is 35.5. The van der Waals surface area contributed by atoms with E-state index < -0.39 is 17.6 Å². The SMILES string of the molecule is O=C(NCC[C@H]1CC[C@@H](O)C1)c1noc(-c2ccc(C(F)(F)F)cc2)c1Cl. The third-order valence-electron chi connectivity index (χ3n) is 4.68. The Bertz CT molecular complexity index is 805. The molecule has 0 saturated heterocycles. The number of nitrogens with one attached hydrogen (secondary N) is 1. The van der Waals surface area contributed by atoms with E-state index in [1.54, 1.807) is 0 Å². The molecule has 1 fully saturated rings. The Morgan fingerprint density at radius 2 is 2.00 bits per heavy atom. The predicted molar refractivity (Wildman–Crippen MR) is 92.2 cm³/mol. The number of amides is 1. The normalized spacial score (nSPS) is 20.0. The number of halogens is 4. The van der Waals surface area contributed by atoms with Crippen LogP contribution in [0.4, 0.5) is 13.2 Å². The van der Waals surface area contributed by atoms with E-state index in [2.05, 4.69) is 10.5 Å². The highest BCUT2D eigenvalue weighted by Crippen LogP contribution is 2.34. The molecule has 1 aromatic heterocycles. The van der Waals surface area contributed by atoms with Crippen molar-refractivity contribution in [3.05, 3.63) is 40.5 Å². The van der Waals surface area contributed by atoms with Crippen molar-refractivity contribution in [3.8, 4) is 11.3 Å². The number of nitrogens with zero attached hydrogens (tertiary/aromatic N) is 1. The second-order valence-electron chi connectivity index (χ2n) is 6.63. The minimum absolute atomic E-state index is 0.0365. The van der Waals surface area contributed by atoms with Gasteiger partial charge in [-0.1, -0.05) is 28.9 Å². The van der Waals surface area contributed by atoms with E-state index in [0.717, 1.165) is 37.8 Å². The van der Waals surface area contributed by atoms with E-state index in [1.165, 1.54) is 12.1 Å². The molecular formula is C18H18ClF3N2O3. The van der Waals surface area contributed by atoms with Gasteiger partial charge in [0.25, 0.3) is 5.91 Å². The summed E-state index contributed by atoms with van der Waals surface area (Å²) in [5, 5.41) is 15.8. The molecule has 0 spiro atoms. The Balaban J connectivity index is 1.63. The van der Waals surface area contributed by atoms with E-state index >= 15 is 0 Å². The first-order valence-electron chi connectivity index (χ1n) is 8.54. The Morgan fingerprint density at radius 1 is 1.30 bits per heavy atom. The first-order chi connectivity index (χ1) is 12.8. The number of carbonyl (C=O) groups excluding carboxylic acids is 1. The lowest BCUT2D eigenvalue weighted by molar-refractivity contribution is -0.137. The fourth-order valence-corrected chi connectivity index (χ4v) is 3.46. The zero-order valence-electron chi connectivity index (χ0n) is 14.2. The standard InChI is InChI=1S/C18H18ClF3N2O3/c19-14-15(17(26)23-8-7-10-1-6-13(25)9-10)24-27-16(14)11-2-4-12(5-3-11)18(20,21)22/h2-5,10,13,25H,1,6-9H2,(H,23,26)/t10-,13-/m1/s1. The fraction of sp³-hybridized carbons (Fsp3) is 0.444. The number of alkyl halides is 3. The van der Waals surface area contributed by atoms with Crippen molar-refractivity contribution in [2.75, 3.05) is 6.54 Å². The zero-order valence-corrected chi connectivity index (χ0v) is 15.0. The molecule has 2 N–H and O–H groups in total. The van der Waals surface area contributed by atoms with E-state index in [0.29, 0.717) is 18.0 Å². The summed E-state index contributed by atoms with van der Waals surface area (Å²) < 4.78 is 43.0. The van der Waals surface area contributed by atoms with Crippen molar-refractivity contribution in [2.45, 2.75) is 38.0 Å². The molecule has 0 radical (unpaired) electrons. The highest BCUT2D eigenvalue weighted by molar-refractivity contribution is 6.35. The van der Waals surface area contributed by atoms with Gasteiger partial charge in [0, 0.05) is 12.1 Å². The van der Waals surface area contributed by atoms with Gasteiger partial charge in [-0.25, -0.2) is 0 Å². The van der Waals surface area contributed by atoms with E-state index in [-0.39, 0.29) is 22.6 Å². The average Bonchev–Trinajstić information content (AvgIpc) is 3.20. The molecule has 1 aromatic carbocycles. The van der Waals surface area contributed by atoms with Gasteiger partial charge in [-0.2, -0.15) is 13.2 Å². The lowest BCUT2D eigenvalue weighted by atomic mass is 10.0. The summed E-state index contributed by atoms with van der Waals surface area (Å²) in [4.78, 5) is 12.2. The van der Waals surface area contributed by atoms with Gasteiger partial charge in [-0.3, -0.25) is 4.79 Å². The molecule has 2 aromatic rings. The number of benzene rings is 1. The lowest BCUT2D eigenvalue weighted by Gasteiger charge is -2.09. The monoisotopic (exact) mass is 402 g/mol. The Kier molecular flexibility index (Phi) is 5.76. The Hall–Kier alpha value is -2.06. The number of hydrogen-bond donors (Lipinski definition) is 2. The maximum absolute atomic E-state index is 12.6. The van der Waals surface area contributed by atoms with Crippen molar-refractivity contribution in [2.24, 2.45) is 5.92 Å². The summed E-state index contributed by atoms with van der Waals surface area (Å²) >= 11 is 6.14. The summed E-state index contributed by atoms with van der Waals surface area (Å²) in [7, 11) is 0. The predicted octanol–water partition coefficient (Wildman–Crippen LogP) is 4.29. The van der Waals surface area contributed by atoms with E-state index in [9.17, 15) is 23.1 Å². The number of carbonyl (C=O) groups is 1. The molecule has 3 rings (SSSR count). The first kappa shape index (κ1) is 19.7. The van der Waals surface area contributed by atoms with Crippen LogP contribution >= 0.6 is 11.6 Å². The van der Waals surface area contributed by atoms with Crippen molar-refractivity contribution < 1.29 is 27.6 Å². The fourth-order valence-electron chi connectivity index (χ4n) is 3.19. The maximum Gasteiger partial charge on any atom is 0.416 e. The van der Waals surface area contributed by atoms with Gasteiger partial charge < -0.3 is 14.9 Å². The Labute approximate surface area is 158 Å². The molecule has 9 heteroatoms. The summed E-state index contributed by atoms with van der Waals surface area (Å²) in [6.07, 6.45) is -1.52. The minimum atomic E-state index is -4.44. The zero-order chi connectivity index (χ0) is 19.6. The second kappa shape index (κ2) is 7.90. The third-order valence-corrected chi connectivity index (χ3v) is 5.03. The Morgan fingerprint density at radius 3 is 2.59 bits per heavy atom. The van der Waals surface area contributed by atoms with Crippen LogP contribution < -0.4 is 5.32 Å². The van der Waals surface area contributed by atoms with Gasteiger partial charge in [-0.05, 0) is 43.7 Å². The number of aromatic nitrogens is 1. The topological polar surface area (TPSA) is 75.4 Å². The first-order valence-corrected chi connectivity index (χ1v) is 8.92. The van der Waals surface area contributed by atoms with Crippen molar-refractivity contribution in [1.82, 2.24) is 10.5 Å². The number of hydrogen-bond acceptors (Lipinski definition) is 4. The lowest BCUT2D eigenvalue weighted by Crippen LogP contribution is -2.26. The van der Waals surface area contributed by atoms with Crippen LogP contribution in [0.25, 0.3) is 11.3 Å². The largest absolute Gasteiger partial charge is 0.416 e. The van der Waals surface area contributed by atoms with Crippen LogP contribution in [0.5, 0.6) is 0 Å². The van der Waals surface area contributed by atoms with Crippen LogP contribution in [0.2, 0.25) is 5.02 Å². The molecule has 0 unspecified atom stereocenters. The summed E-state index contributed by atoms with van der Waals surface area (Å²) in [5.74, 6) is -0.106. The molecule has 1 saturated carbocycles. The van der Waals surface area contributed by atoms with Gasteiger partial charge in [0.2, 0.25) is 0 Å². The minimum Gasteiger partial charge on any atom is -0.393 e. The third kappa shape index (κ3) is 4.62. The van der Waals surface area contributed by atoms with Crippen LogP contribution in [-0.2, 0) is 6.18 Å². The van der Waals surface area contributed by atoms with Crippen molar-refractivity contribution in [3.63, 3.8) is 0 Å². The van der Waals surface area contributed by atoms with E-state index in [4.69, 9.17) is 16.1 Å². The van der Waals surface area contributed by atoms with Crippen LogP contribution in [0.3, 0.4) is 0 Å². The number of aliphatic hydroxyl groups is 1. The molecule has 1 aliphatic carbocycles. The number of rotatable bonds is 5. The molecule has 0 bridgehead atoms. The van der Waals surface area contributed by atoms with Crippen molar-refractivity contribution in [1.29, 1.82) is 0 Å². The summed E-state index contributed by atoms with van der Waals surface area (Å²) in [6.45, 7) is 0.412. The number of aliphatic hydroxyl groups excluding tert-OH is 1. The van der Waals surface area contributed by atoms with Crippen molar-refractivity contribution >= 4 is 17.5 Å². The smallest absolute Gasteiger partial charge is 0.393 e. The van der Waals surface area contributed by atoms with Gasteiger partial charge in [-0.15, -0.1) is 0 Å². The van der Waals surface area contributed by atoms with Crippen LogP contribution in [-0.4, -0.2) is 28.8 Å². The van der Waals surface area contributed by atoms with Gasteiger partial charge in [0.15, 0.2) is 11.5 Å². The molecule has 1 heterocycles. The summed E-state index contributed by atoms with van der Waals surface area (Å²) in [5.41, 5.74) is -0.616.